The van der Waals surface area contributed by atoms with Crippen molar-refractivity contribution < 1.29 is 10.0 Å². The van der Waals surface area contributed by atoms with Crippen LogP contribution in [0.2, 0.25) is 0 Å². The standard InChI is InChI=1S/C19H27NO/c1-20(2)16-10-9-15-19(21,17-11-5-3-6-12-17)18-13-7-4-8-14-18/h3,5-6,11-12,18,21H,4,7-8,13-16H2,1-2H3/p+1/t19-/m0/s1. The van der Waals surface area contributed by atoms with E-state index in [0.29, 0.717) is 12.3 Å². The van der Waals surface area contributed by atoms with E-state index in [9.17, 15) is 5.11 Å². The van der Waals surface area contributed by atoms with Crippen LogP contribution in [0.1, 0.15) is 44.1 Å². The van der Waals surface area contributed by atoms with Crippen molar-refractivity contribution in [2.75, 3.05) is 20.6 Å². The lowest BCUT2D eigenvalue weighted by atomic mass is 9.72. The average molecular weight is 286 g/mol. The van der Waals surface area contributed by atoms with E-state index in [4.69, 9.17) is 0 Å². The van der Waals surface area contributed by atoms with Gasteiger partial charge in [0.05, 0.1) is 14.1 Å². The van der Waals surface area contributed by atoms with Crippen molar-refractivity contribution >= 4 is 0 Å². The van der Waals surface area contributed by atoms with Crippen molar-refractivity contribution in [1.29, 1.82) is 0 Å². The normalized spacial score (nSPS) is 18.9. The highest BCUT2D eigenvalue weighted by molar-refractivity contribution is 5.26. The van der Waals surface area contributed by atoms with E-state index in [2.05, 4.69) is 25.9 Å². The van der Waals surface area contributed by atoms with E-state index in [1.165, 1.54) is 24.2 Å². The summed E-state index contributed by atoms with van der Waals surface area (Å²) in [5.41, 5.74) is 0.250. The first-order valence-electron chi connectivity index (χ1n) is 8.15. The van der Waals surface area contributed by atoms with Gasteiger partial charge < -0.3 is 10.0 Å². The maximum absolute atomic E-state index is 11.4. The molecular formula is C19H28NO+. The molecular weight excluding hydrogens is 258 g/mol. The van der Waals surface area contributed by atoms with Gasteiger partial charge in [0, 0.05) is 6.42 Å². The second-order valence-corrected chi connectivity index (χ2v) is 6.54. The number of hydrogen-bond donors (Lipinski definition) is 2. The van der Waals surface area contributed by atoms with Crippen LogP contribution in [0.15, 0.2) is 30.3 Å². The van der Waals surface area contributed by atoms with E-state index in [1.54, 1.807) is 0 Å². The number of hydrogen-bond acceptors (Lipinski definition) is 1. The van der Waals surface area contributed by atoms with Crippen molar-refractivity contribution in [3.63, 3.8) is 0 Å². The zero-order valence-corrected chi connectivity index (χ0v) is 13.4. The van der Waals surface area contributed by atoms with Crippen LogP contribution in [0.25, 0.3) is 0 Å². The Labute approximate surface area is 129 Å². The number of aliphatic hydroxyl groups is 1. The van der Waals surface area contributed by atoms with E-state index in [1.807, 2.05) is 30.3 Å². The molecule has 0 saturated heterocycles. The zero-order chi connectivity index (χ0) is 15.1. The Balaban J connectivity index is 2.18. The highest BCUT2D eigenvalue weighted by Gasteiger charge is 2.38. The molecule has 2 heteroatoms. The first-order chi connectivity index (χ1) is 10.1. The summed E-state index contributed by atoms with van der Waals surface area (Å²) in [5, 5.41) is 11.4. The minimum absolute atomic E-state index is 0.342. The lowest BCUT2D eigenvalue weighted by Gasteiger charge is -2.38. The summed E-state index contributed by atoms with van der Waals surface area (Å²) in [7, 11) is 4.19. The van der Waals surface area contributed by atoms with Crippen LogP contribution in [-0.4, -0.2) is 25.7 Å². The largest absolute Gasteiger partial charge is 0.384 e. The van der Waals surface area contributed by atoms with Crippen LogP contribution in [0, 0.1) is 17.8 Å². The molecule has 0 unspecified atom stereocenters. The molecule has 0 aliphatic heterocycles. The Hall–Kier alpha value is -1.30. The highest BCUT2D eigenvalue weighted by atomic mass is 16.3. The molecule has 1 aliphatic carbocycles. The van der Waals surface area contributed by atoms with E-state index < -0.39 is 5.60 Å². The summed E-state index contributed by atoms with van der Waals surface area (Å²) < 4.78 is 0. The van der Waals surface area contributed by atoms with Gasteiger partial charge in [-0.3, -0.25) is 0 Å². The van der Waals surface area contributed by atoms with Crippen LogP contribution in [-0.2, 0) is 5.60 Å². The summed E-state index contributed by atoms with van der Waals surface area (Å²) >= 11 is 0. The van der Waals surface area contributed by atoms with Gasteiger partial charge in [0.15, 0.2) is 0 Å². The highest BCUT2D eigenvalue weighted by Crippen LogP contribution is 2.41. The van der Waals surface area contributed by atoms with Crippen molar-refractivity contribution in [1.82, 2.24) is 0 Å². The molecule has 1 aromatic carbocycles. The molecule has 2 N–H and O–H groups in total. The van der Waals surface area contributed by atoms with Gasteiger partial charge in [-0.15, -0.1) is 0 Å². The molecule has 1 fully saturated rings. The molecule has 0 bridgehead atoms. The summed E-state index contributed by atoms with van der Waals surface area (Å²) in [5.74, 6) is 6.78. The average Bonchev–Trinajstić information content (AvgIpc) is 2.53. The van der Waals surface area contributed by atoms with Crippen LogP contribution in [0.3, 0.4) is 0 Å². The maximum Gasteiger partial charge on any atom is 0.138 e. The van der Waals surface area contributed by atoms with Gasteiger partial charge in [-0.05, 0) is 30.2 Å². The monoisotopic (exact) mass is 286 g/mol. The van der Waals surface area contributed by atoms with E-state index in [0.717, 1.165) is 24.9 Å². The third-order valence-electron chi connectivity index (χ3n) is 4.48. The molecule has 1 aliphatic rings. The minimum atomic E-state index is -0.781. The molecule has 1 atom stereocenters. The van der Waals surface area contributed by atoms with E-state index >= 15 is 0 Å². The fourth-order valence-electron chi connectivity index (χ4n) is 3.23. The van der Waals surface area contributed by atoms with Gasteiger partial charge in [0.2, 0.25) is 0 Å². The summed E-state index contributed by atoms with van der Waals surface area (Å²) in [6.07, 6.45) is 6.55. The first kappa shape index (κ1) is 16.1. The second-order valence-electron chi connectivity index (χ2n) is 6.54. The fourth-order valence-corrected chi connectivity index (χ4v) is 3.23. The van der Waals surface area contributed by atoms with Crippen molar-refractivity contribution in [2.24, 2.45) is 5.92 Å². The Morgan fingerprint density at radius 3 is 2.38 bits per heavy atom. The Bertz CT molecular complexity index is 479. The molecule has 21 heavy (non-hydrogen) atoms. The van der Waals surface area contributed by atoms with Crippen LogP contribution >= 0.6 is 0 Å². The van der Waals surface area contributed by atoms with Crippen molar-refractivity contribution in [2.45, 2.75) is 44.1 Å². The quantitative estimate of drug-likeness (QED) is 0.813. The maximum atomic E-state index is 11.4. The summed E-state index contributed by atoms with van der Waals surface area (Å²) in [4.78, 5) is 1.32. The third-order valence-corrected chi connectivity index (χ3v) is 4.48. The molecule has 2 nitrogen and oxygen atoms in total. The van der Waals surface area contributed by atoms with Gasteiger partial charge in [-0.2, -0.15) is 0 Å². The number of rotatable bonds is 4. The van der Waals surface area contributed by atoms with Crippen molar-refractivity contribution in [3.8, 4) is 11.8 Å². The SMILES string of the molecule is C[NH+](C)CC#CC[C@](O)(c1ccccc1)C1CCCCC1. The smallest absolute Gasteiger partial charge is 0.138 e. The molecule has 1 aromatic rings. The fraction of sp³-hybridized carbons (Fsp3) is 0.579. The third kappa shape index (κ3) is 4.33. The minimum Gasteiger partial charge on any atom is -0.384 e. The van der Waals surface area contributed by atoms with Gasteiger partial charge in [-0.1, -0.05) is 55.5 Å². The second kappa shape index (κ2) is 7.64. The molecule has 0 spiro atoms. The molecule has 1 saturated carbocycles. The molecule has 0 radical (unpaired) electrons. The molecule has 114 valence electrons. The van der Waals surface area contributed by atoms with Crippen LogP contribution in [0.4, 0.5) is 0 Å². The van der Waals surface area contributed by atoms with Gasteiger partial charge in [0.1, 0.15) is 12.1 Å². The predicted octanol–water partition coefficient (Wildman–Crippen LogP) is 1.99. The number of nitrogens with one attached hydrogen (secondary N) is 1. The summed E-state index contributed by atoms with van der Waals surface area (Å²) in [6.45, 7) is 0.829. The molecule has 0 heterocycles. The first-order valence-corrected chi connectivity index (χ1v) is 8.15. The van der Waals surface area contributed by atoms with Crippen molar-refractivity contribution in [3.05, 3.63) is 35.9 Å². The molecule has 0 amide bonds. The Kier molecular flexibility index (Phi) is 5.85. The van der Waals surface area contributed by atoms with Gasteiger partial charge >= 0.3 is 0 Å². The number of quaternary nitrogens is 1. The van der Waals surface area contributed by atoms with Gasteiger partial charge in [0.25, 0.3) is 0 Å². The van der Waals surface area contributed by atoms with E-state index in [-0.39, 0.29) is 0 Å². The molecule has 0 aromatic heterocycles. The zero-order valence-electron chi connectivity index (χ0n) is 13.4. The summed E-state index contributed by atoms with van der Waals surface area (Å²) in [6, 6.07) is 10.1. The number of benzene rings is 1. The lowest BCUT2D eigenvalue weighted by molar-refractivity contribution is -0.850. The lowest BCUT2D eigenvalue weighted by Crippen LogP contribution is -3.05. The Morgan fingerprint density at radius 2 is 1.76 bits per heavy atom. The predicted molar refractivity (Wildman–Crippen MR) is 87.0 cm³/mol. The Morgan fingerprint density at radius 1 is 1.10 bits per heavy atom. The van der Waals surface area contributed by atoms with Crippen LogP contribution in [0.5, 0.6) is 0 Å². The molecule has 2 rings (SSSR count). The topological polar surface area (TPSA) is 24.7 Å². The van der Waals surface area contributed by atoms with Gasteiger partial charge in [-0.25, -0.2) is 0 Å². The van der Waals surface area contributed by atoms with Crippen LogP contribution < -0.4 is 4.90 Å².